The van der Waals surface area contributed by atoms with Crippen LogP contribution in [0.3, 0.4) is 0 Å². The Balaban J connectivity index is 1.78. The van der Waals surface area contributed by atoms with E-state index in [4.69, 9.17) is 11.6 Å². The molecular formula is C14H11ClOS. The molecule has 0 amide bonds. The Labute approximate surface area is 109 Å². The van der Waals surface area contributed by atoms with E-state index in [9.17, 15) is 4.79 Å². The van der Waals surface area contributed by atoms with Gasteiger partial charge in [-0.1, -0.05) is 41.9 Å². The highest BCUT2D eigenvalue weighted by molar-refractivity contribution is 7.12. The topological polar surface area (TPSA) is 17.1 Å². The van der Waals surface area contributed by atoms with Crippen LogP contribution < -0.4 is 0 Å². The molecule has 0 N–H and O–H groups in total. The van der Waals surface area contributed by atoms with E-state index in [1.807, 2.05) is 23.6 Å². The minimum Gasteiger partial charge on any atom is -0.293 e. The molecule has 1 fully saturated rings. The van der Waals surface area contributed by atoms with Crippen molar-refractivity contribution in [1.82, 2.24) is 0 Å². The summed E-state index contributed by atoms with van der Waals surface area (Å²) in [5, 5.41) is 2.47. The Hall–Kier alpha value is -1.12. The van der Waals surface area contributed by atoms with Crippen molar-refractivity contribution in [3.63, 3.8) is 0 Å². The van der Waals surface area contributed by atoms with Gasteiger partial charge in [-0.3, -0.25) is 4.79 Å². The first-order valence-electron chi connectivity index (χ1n) is 5.59. The molecule has 2 atom stereocenters. The third-order valence-corrected chi connectivity index (χ3v) is 4.55. The molecule has 1 aliphatic carbocycles. The molecule has 2 unspecified atom stereocenters. The first-order valence-corrected chi connectivity index (χ1v) is 6.85. The van der Waals surface area contributed by atoms with Gasteiger partial charge in [-0.15, -0.1) is 11.3 Å². The van der Waals surface area contributed by atoms with Crippen LogP contribution in [0.15, 0.2) is 41.8 Å². The molecule has 2 aromatic rings. The molecule has 0 bridgehead atoms. The summed E-state index contributed by atoms with van der Waals surface area (Å²) in [5.41, 5.74) is 1.26. The standard InChI is InChI=1S/C14H11ClOS/c15-12-6-7-17-14(12)13(16)11-8-10(11)9-4-2-1-3-5-9/h1-7,10-11H,8H2. The number of hydrogen-bond acceptors (Lipinski definition) is 2. The lowest BCUT2D eigenvalue weighted by Crippen LogP contribution is -2.01. The molecule has 1 heterocycles. The number of benzene rings is 1. The monoisotopic (exact) mass is 262 g/mol. The molecule has 1 aliphatic rings. The molecule has 17 heavy (non-hydrogen) atoms. The zero-order valence-electron chi connectivity index (χ0n) is 9.10. The fourth-order valence-corrected chi connectivity index (χ4v) is 3.34. The van der Waals surface area contributed by atoms with E-state index in [1.54, 1.807) is 6.07 Å². The third kappa shape index (κ3) is 2.03. The lowest BCUT2D eigenvalue weighted by Gasteiger charge is -1.99. The van der Waals surface area contributed by atoms with Gasteiger partial charge in [0.25, 0.3) is 0 Å². The summed E-state index contributed by atoms with van der Waals surface area (Å²) in [6, 6.07) is 12.0. The lowest BCUT2D eigenvalue weighted by molar-refractivity contribution is 0.0969. The van der Waals surface area contributed by atoms with Gasteiger partial charge in [-0.2, -0.15) is 0 Å². The summed E-state index contributed by atoms with van der Waals surface area (Å²) in [6.07, 6.45) is 0.955. The maximum absolute atomic E-state index is 12.2. The molecule has 3 heteroatoms. The summed E-state index contributed by atoms with van der Waals surface area (Å²) in [4.78, 5) is 12.9. The van der Waals surface area contributed by atoms with Crippen LogP contribution in [0.5, 0.6) is 0 Å². The van der Waals surface area contributed by atoms with Crippen LogP contribution in [-0.2, 0) is 0 Å². The Morgan fingerprint density at radius 3 is 2.65 bits per heavy atom. The van der Waals surface area contributed by atoms with Crippen LogP contribution in [0.1, 0.15) is 27.6 Å². The number of ketones is 1. The number of thiophene rings is 1. The van der Waals surface area contributed by atoms with E-state index in [2.05, 4.69) is 12.1 Å². The first-order chi connectivity index (χ1) is 8.27. The first kappa shape index (κ1) is 11.0. The quantitative estimate of drug-likeness (QED) is 0.750. The van der Waals surface area contributed by atoms with Gasteiger partial charge >= 0.3 is 0 Å². The van der Waals surface area contributed by atoms with Gasteiger partial charge in [0.2, 0.25) is 0 Å². The summed E-state index contributed by atoms with van der Waals surface area (Å²) in [5.74, 6) is 0.731. The summed E-state index contributed by atoms with van der Waals surface area (Å²) >= 11 is 7.43. The van der Waals surface area contributed by atoms with Gasteiger partial charge < -0.3 is 0 Å². The second-order valence-corrected chi connectivity index (χ2v) is 5.64. The van der Waals surface area contributed by atoms with Crippen molar-refractivity contribution in [3.8, 4) is 0 Å². The van der Waals surface area contributed by atoms with Gasteiger partial charge in [-0.25, -0.2) is 0 Å². The van der Waals surface area contributed by atoms with Crippen LogP contribution in [0.4, 0.5) is 0 Å². The van der Waals surface area contributed by atoms with Gasteiger partial charge in [-0.05, 0) is 29.3 Å². The molecule has 1 saturated carbocycles. The van der Waals surface area contributed by atoms with Crippen molar-refractivity contribution >= 4 is 28.7 Å². The molecule has 0 spiro atoms. The minimum atomic E-state index is 0.133. The smallest absolute Gasteiger partial charge is 0.178 e. The number of Topliss-reactive ketones (excluding diaryl/α,β-unsaturated/α-hetero) is 1. The average Bonchev–Trinajstić information content (AvgIpc) is 3.05. The highest BCUT2D eigenvalue weighted by atomic mass is 35.5. The highest BCUT2D eigenvalue weighted by Crippen LogP contribution is 2.50. The van der Waals surface area contributed by atoms with Crippen LogP contribution in [-0.4, -0.2) is 5.78 Å². The molecule has 0 aliphatic heterocycles. The van der Waals surface area contributed by atoms with Crippen LogP contribution in [0.2, 0.25) is 5.02 Å². The van der Waals surface area contributed by atoms with E-state index in [-0.39, 0.29) is 11.7 Å². The number of rotatable bonds is 3. The molecule has 3 rings (SSSR count). The molecule has 86 valence electrons. The van der Waals surface area contributed by atoms with Crippen LogP contribution in [0, 0.1) is 5.92 Å². The molecule has 1 nitrogen and oxygen atoms in total. The fourth-order valence-electron chi connectivity index (χ4n) is 2.19. The van der Waals surface area contributed by atoms with Gasteiger partial charge in [0, 0.05) is 5.92 Å². The summed E-state index contributed by atoms with van der Waals surface area (Å²) in [6.45, 7) is 0. The maximum Gasteiger partial charge on any atom is 0.178 e. The average molecular weight is 263 g/mol. The van der Waals surface area contributed by atoms with E-state index in [1.165, 1.54) is 16.9 Å². The largest absolute Gasteiger partial charge is 0.293 e. The SMILES string of the molecule is O=C(c1sccc1Cl)C1CC1c1ccccc1. The second kappa shape index (κ2) is 4.28. The number of halogens is 1. The van der Waals surface area contributed by atoms with E-state index in [0.29, 0.717) is 10.9 Å². The van der Waals surface area contributed by atoms with Crippen LogP contribution in [0.25, 0.3) is 0 Å². The molecule has 0 saturated heterocycles. The summed E-state index contributed by atoms with van der Waals surface area (Å²) in [7, 11) is 0. The fraction of sp³-hybridized carbons (Fsp3) is 0.214. The second-order valence-electron chi connectivity index (χ2n) is 4.32. The minimum absolute atomic E-state index is 0.133. The predicted molar refractivity (Wildman–Crippen MR) is 70.9 cm³/mol. The van der Waals surface area contributed by atoms with Crippen molar-refractivity contribution in [2.24, 2.45) is 5.92 Å². The van der Waals surface area contributed by atoms with Crippen molar-refractivity contribution in [2.45, 2.75) is 12.3 Å². The maximum atomic E-state index is 12.2. The van der Waals surface area contributed by atoms with E-state index in [0.717, 1.165) is 11.3 Å². The lowest BCUT2D eigenvalue weighted by atomic mass is 10.1. The molecular weight excluding hydrogens is 252 g/mol. The van der Waals surface area contributed by atoms with Crippen molar-refractivity contribution in [2.75, 3.05) is 0 Å². The Morgan fingerprint density at radius 1 is 1.24 bits per heavy atom. The zero-order valence-corrected chi connectivity index (χ0v) is 10.7. The van der Waals surface area contributed by atoms with E-state index >= 15 is 0 Å². The van der Waals surface area contributed by atoms with Gasteiger partial charge in [0.15, 0.2) is 5.78 Å². The normalized spacial score (nSPS) is 22.4. The zero-order chi connectivity index (χ0) is 11.8. The summed E-state index contributed by atoms with van der Waals surface area (Å²) < 4.78 is 0. The van der Waals surface area contributed by atoms with Gasteiger partial charge in [0.1, 0.15) is 0 Å². The number of carbonyl (C=O) groups is 1. The highest BCUT2D eigenvalue weighted by Gasteiger charge is 2.44. The predicted octanol–water partition coefficient (Wildman–Crippen LogP) is 4.39. The van der Waals surface area contributed by atoms with Crippen molar-refractivity contribution < 1.29 is 4.79 Å². The van der Waals surface area contributed by atoms with Crippen molar-refractivity contribution in [3.05, 3.63) is 57.2 Å². The Morgan fingerprint density at radius 2 is 2.00 bits per heavy atom. The Bertz CT molecular complexity index is 546. The molecule has 1 aromatic carbocycles. The number of hydrogen-bond donors (Lipinski definition) is 0. The van der Waals surface area contributed by atoms with Crippen molar-refractivity contribution in [1.29, 1.82) is 0 Å². The third-order valence-electron chi connectivity index (χ3n) is 3.20. The Kier molecular flexibility index (Phi) is 2.77. The molecule has 0 radical (unpaired) electrons. The number of carbonyl (C=O) groups excluding carboxylic acids is 1. The van der Waals surface area contributed by atoms with Gasteiger partial charge in [0.05, 0.1) is 9.90 Å². The van der Waals surface area contributed by atoms with E-state index < -0.39 is 0 Å². The van der Waals surface area contributed by atoms with Crippen LogP contribution >= 0.6 is 22.9 Å². The molecule has 1 aromatic heterocycles.